The second-order valence-corrected chi connectivity index (χ2v) is 5.50. The highest BCUT2D eigenvalue weighted by molar-refractivity contribution is 6.34. The van der Waals surface area contributed by atoms with Gasteiger partial charge < -0.3 is 10.4 Å². The van der Waals surface area contributed by atoms with Crippen LogP contribution in [-0.2, 0) is 0 Å². The molecule has 0 aliphatic carbocycles. The highest BCUT2D eigenvalue weighted by Crippen LogP contribution is 2.23. The smallest absolute Gasteiger partial charge is 0.254 e. The minimum absolute atomic E-state index is 0.000722. The molecule has 21 heavy (non-hydrogen) atoms. The number of rotatable bonds is 4. The summed E-state index contributed by atoms with van der Waals surface area (Å²) in [4.78, 5) is 15.8. The van der Waals surface area contributed by atoms with Crippen LogP contribution in [0.25, 0.3) is 0 Å². The summed E-state index contributed by atoms with van der Waals surface area (Å²) in [6, 6.07) is 7.89. The maximum atomic E-state index is 11.9. The van der Waals surface area contributed by atoms with Crippen molar-refractivity contribution in [1.29, 1.82) is 0 Å². The molecule has 1 aromatic carbocycles. The van der Waals surface area contributed by atoms with Gasteiger partial charge in [0.1, 0.15) is 5.15 Å². The van der Waals surface area contributed by atoms with E-state index in [2.05, 4.69) is 10.3 Å². The highest BCUT2D eigenvalue weighted by Gasteiger charge is 2.14. The minimum atomic E-state index is -0.930. The molecule has 0 fully saturated rings. The predicted molar refractivity (Wildman–Crippen MR) is 83.0 cm³/mol. The maximum absolute atomic E-state index is 11.9. The molecule has 1 unspecified atom stereocenters. The lowest BCUT2D eigenvalue weighted by Crippen LogP contribution is -2.28. The van der Waals surface area contributed by atoms with Gasteiger partial charge in [0.2, 0.25) is 0 Å². The van der Waals surface area contributed by atoms with Gasteiger partial charge in [0.05, 0.1) is 11.7 Å². The molecule has 0 aliphatic heterocycles. The lowest BCUT2D eigenvalue weighted by Gasteiger charge is -2.13. The van der Waals surface area contributed by atoms with Crippen LogP contribution in [0, 0.1) is 0 Å². The van der Waals surface area contributed by atoms with E-state index >= 15 is 0 Å². The van der Waals surface area contributed by atoms with Gasteiger partial charge in [-0.1, -0.05) is 34.8 Å². The number of hydrogen-bond acceptors (Lipinski definition) is 3. The average molecular weight is 346 g/mol. The van der Waals surface area contributed by atoms with Gasteiger partial charge in [0, 0.05) is 22.8 Å². The zero-order chi connectivity index (χ0) is 15.4. The molecule has 1 amide bonds. The average Bonchev–Trinajstić information content (AvgIpc) is 2.43. The van der Waals surface area contributed by atoms with E-state index in [1.54, 1.807) is 30.3 Å². The van der Waals surface area contributed by atoms with E-state index in [-0.39, 0.29) is 17.3 Å². The minimum Gasteiger partial charge on any atom is -0.387 e. The number of benzene rings is 1. The van der Waals surface area contributed by atoms with Crippen LogP contribution in [-0.4, -0.2) is 22.5 Å². The van der Waals surface area contributed by atoms with E-state index in [4.69, 9.17) is 34.8 Å². The molecule has 110 valence electrons. The molecule has 1 atom stereocenters. The van der Waals surface area contributed by atoms with E-state index in [1.807, 2.05) is 0 Å². The Morgan fingerprint density at radius 3 is 2.52 bits per heavy atom. The zero-order valence-corrected chi connectivity index (χ0v) is 13.0. The number of aliphatic hydroxyl groups is 1. The van der Waals surface area contributed by atoms with Gasteiger partial charge in [-0.3, -0.25) is 4.79 Å². The second kappa shape index (κ2) is 7.09. The van der Waals surface area contributed by atoms with Crippen molar-refractivity contribution in [1.82, 2.24) is 10.3 Å². The summed E-state index contributed by atoms with van der Waals surface area (Å²) >= 11 is 17.6. The Morgan fingerprint density at radius 1 is 1.24 bits per heavy atom. The lowest BCUT2D eigenvalue weighted by atomic mass is 10.1. The number of aliphatic hydroxyl groups excluding tert-OH is 1. The normalized spacial score (nSPS) is 12.0. The topological polar surface area (TPSA) is 62.2 Å². The summed E-state index contributed by atoms with van der Waals surface area (Å²) in [7, 11) is 0. The second-order valence-electron chi connectivity index (χ2n) is 4.27. The molecular weight excluding hydrogens is 335 g/mol. The number of pyridine rings is 1. The van der Waals surface area contributed by atoms with E-state index in [0.29, 0.717) is 15.6 Å². The molecule has 0 radical (unpaired) electrons. The third kappa shape index (κ3) is 4.32. The van der Waals surface area contributed by atoms with Gasteiger partial charge in [0.25, 0.3) is 5.91 Å². The fraction of sp³-hybridized carbons (Fsp3) is 0.143. The molecule has 0 bridgehead atoms. The SMILES string of the molecule is O=C(NCC(O)c1cc(Cl)cc(Cl)c1)c1cccnc1Cl. The van der Waals surface area contributed by atoms with E-state index < -0.39 is 12.0 Å². The third-order valence-corrected chi connectivity index (χ3v) is 3.47. The van der Waals surface area contributed by atoms with Crippen molar-refractivity contribution in [3.8, 4) is 0 Å². The Morgan fingerprint density at radius 2 is 1.90 bits per heavy atom. The van der Waals surface area contributed by atoms with Crippen LogP contribution >= 0.6 is 34.8 Å². The summed E-state index contributed by atoms with van der Waals surface area (Å²) < 4.78 is 0. The summed E-state index contributed by atoms with van der Waals surface area (Å²) in [5, 5.41) is 13.6. The molecule has 0 aliphatic rings. The van der Waals surface area contributed by atoms with Crippen LogP contribution in [0.2, 0.25) is 15.2 Å². The first-order valence-corrected chi connectivity index (χ1v) is 7.13. The molecular formula is C14H11Cl3N2O2. The van der Waals surface area contributed by atoms with Crippen molar-refractivity contribution >= 4 is 40.7 Å². The van der Waals surface area contributed by atoms with Gasteiger partial charge in [-0.05, 0) is 35.9 Å². The van der Waals surface area contributed by atoms with Crippen molar-refractivity contribution in [3.05, 3.63) is 62.9 Å². The lowest BCUT2D eigenvalue weighted by molar-refractivity contribution is 0.0916. The molecule has 2 N–H and O–H groups in total. The summed E-state index contributed by atoms with van der Waals surface area (Å²) in [5.41, 5.74) is 0.764. The third-order valence-electron chi connectivity index (χ3n) is 2.73. The summed E-state index contributed by atoms with van der Waals surface area (Å²) in [6.07, 6.45) is 0.558. The Bertz CT molecular complexity index is 644. The van der Waals surface area contributed by atoms with Crippen molar-refractivity contribution in [2.24, 2.45) is 0 Å². The molecule has 7 heteroatoms. The Balaban J connectivity index is 2.02. The first kappa shape index (κ1) is 16.0. The molecule has 1 aromatic heterocycles. The fourth-order valence-electron chi connectivity index (χ4n) is 1.73. The molecule has 2 aromatic rings. The molecule has 0 saturated carbocycles. The predicted octanol–water partition coefficient (Wildman–Crippen LogP) is 3.51. The number of nitrogens with one attached hydrogen (secondary N) is 1. The fourth-order valence-corrected chi connectivity index (χ4v) is 2.47. The zero-order valence-electron chi connectivity index (χ0n) is 10.7. The standard InChI is InChI=1S/C14H11Cl3N2O2/c15-9-4-8(5-10(16)6-9)12(20)7-19-14(21)11-2-1-3-18-13(11)17/h1-6,12,20H,7H2,(H,19,21). The van der Waals surface area contributed by atoms with Gasteiger partial charge in [-0.25, -0.2) is 4.98 Å². The number of carbonyl (C=O) groups is 1. The van der Waals surface area contributed by atoms with Crippen molar-refractivity contribution in [2.45, 2.75) is 6.10 Å². The Labute approximate surface area is 136 Å². The molecule has 4 nitrogen and oxygen atoms in total. The summed E-state index contributed by atoms with van der Waals surface area (Å²) in [6.45, 7) is 0.000722. The summed E-state index contributed by atoms with van der Waals surface area (Å²) in [5.74, 6) is -0.416. The van der Waals surface area contributed by atoms with Crippen LogP contribution < -0.4 is 5.32 Å². The molecule has 0 spiro atoms. The van der Waals surface area contributed by atoms with Gasteiger partial charge in [-0.15, -0.1) is 0 Å². The number of aromatic nitrogens is 1. The maximum Gasteiger partial charge on any atom is 0.254 e. The van der Waals surface area contributed by atoms with Crippen LogP contribution in [0.3, 0.4) is 0 Å². The first-order chi connectivity index (χ1) is 9.97. The molecule has 0 saturated heterocycles. The Kier molecular flexibility index (Phi) is 5.42. The van der Waals surface area contributed by atoms with Crippen molar-refractivity contribution < 1.29 is 9.90 Å². The van der Waals surface area contributed by atoms with Crippen molar-refractivity contribution in [3.63, 3.8) is 0 Å². The number of carbonyl (C=O) groups excluding carboxylic acids is 1. The Hall–Kier alpha value is -1.33. The molecule has 1 heterocycles. The van der Waals surface area contributed by atoms with Gasteiger partial charge in [-0.2, -0.15) is 0 Å². The molecule has 2 rings (SSSR count). The van der Waals surface area contributed by atoms with Crippen LogP contribution in [0.1, 0.15) is 22.0 Å². The number of hydrogen-bond donors (Lipinski definition) is 2. The number of halogens is 3. The first-order valence-electron chi connectivity index (χ1n) is 6.00. The highest BCUT2D eigenvalue weighted by atomic mass is 35.5. The van der Waals surface area contributed by atoms with E-state index in [0.717, 1.165) is 0 Å². The van der Waals surface area contributed by atoms with Crippen molar-refractivity contribution in [2.75, 3.05) is 6.54 Å². The van der Waals surface area contributed by atoms with Gasteiger partial charge in [0.15, 0.2) is 0 Å². The number of amides is 1. The van der Waals surface area contributed by atoms with Crippen LogP contribution in [0.4, 0.5) is 0 Å². The van der Waals surface area contributed by atoms with Gasteiger partial charge >= 0.3 is 0 Å². The van der Waals surface area contributed by atoms with Crippen LogP contribution in [0.5, 0.6) is 0 Å². The monoisotopic (exact) mass is 344 g/mol. The number of nitrogens with zero attached hydrogens (tertiary/aromatic N) is 1. The quantitative estimate of drug-likeness (QED) is 0.834. The van der Waals surface area contributed by atoms with E-state index in [9.17, 15) is 9.90 Å². The van der Waals surface area contributed by atoms with Crippen LogP contribution in [0.15, 0.2) is 36.5 Å². The largest absolute Gasteiger partial charge is 0.387 e. The van der Waals surface area contributed by atoms with E-state index in [1.165, 1.54) is 6.20 Å².